The Bertz CT molecular complexity index is 1000. The van der Waals surface area contributed by atoms with Crippen LogP contribution in [0.4, 0.5) is 14.9 Å². The van der Waals surface area contributed by atoms with Crippen molar-refractivity contribution in [2.45, 2.75) is 0 Å². The van der Waals surface area contributed by atoms with Crippen LogP contribution in [0.25, 0.3) is 6.08 Å². The van der Waals surface area contributed by atoms with E-state index < -0.39 is 23.7 Å². The van der Waals surface area contributed by atoms with E-state index in [9.17, 15) is 18.8 Å². The van der Waals surface area contributed by atoms with Crippen molar-refractivity contribution in [3.05, 3.63) is 76.5 Å². The number of carbonyl (C=O) groups excluding carboxylic acids is 3. The molecule has 28 heavy (non-hydrogen) atoms. The smallest absolute Gasteiger partial charge is 0.335 e. The molecular weight excluding hydrogens is 431 g/mol. The van der Waals surface area contributed by atoms with Crippen LogP contribution in [0.2, 0.25) is 0 Å². The van der Waals surface area contributed by atoms with Gasteiger partial charge < -0.3 is 4.74 Å². The number of rotatable bonds is 5. The first kappa shape index (κ1) is 19.5. The average Bonchev–Trinajstić information content (AvgIpc) is 2.66. The number of amides is 4. The second kappa shape index (κ2) is 8.18. The lowest BCUT2D eigenvalue weighted by molar-refractivity contribution is -0.122. The molecule has 0 aliphatic carbocycles. The van der Waals surface area contributed by atoms with Crippen LogP contribution in [0.1, 0.15) is 5.56 Å². The molecule has 1 saturated heterocycles. The van der Waals surface area contributed by atoms with Crippen LogP contribution in [0.15, 0.2) is 65.2 Å². The van der Waals surface area contributed by atoms with Gasteiger partial charge in [0.15, 0.2) is 0 Å². The van der Waals surface area contributed by atoms with Gasteiger partial charge in [-0.2, -0.15) is 0 Å². The van der Waals surface area contributed by atoms with Crippen LogP contribution in [-0.4, -0.2) is 24.5 Å². The van der Waals surface area contributed by atoms with Crippen molar-refractivity contribution in [2.24, 2.45) is 0 Å². The number of hydrogen-bond donors (Lipinski definition) is 1. The third-order valence-electron chi connectivity index (χ3n) is 3.81. The van der Waals surface area contributed by atoms with E-state index in [0.29, 0.717) is 22.4 Å². The lowest BCUT2D eigenvalue weighted by Gasteiger charge is -2.26. The lowest BCUT2D eigenvalue weighted by Crippen LogP contribution is -2.54. The van der Waals surface area contributed by atoms with Crippen molar-refractivity contribution in [1.29, 1.82) is 0 Å². The Balaban J connectivity index is 1.93. The fourth-order valence-corrected chi connectivity index (χ4v) is 3.03. The van der Waals surface area contributed by atoms with Crippen molar-refractivity contribution < 1.29 is 23.5 Å². The summed E-state index contributed by atoms with van der Waals surface area (Å²) in [6.07, 6.45) is 2.97. The number of nitrogens with zero attached hydrogens (tertiary/aromatic N) is 1. The molecule has 6 nitrogen and oxygen atoms in total. The van der Waals surface area contributed by atoms with Crippen molar-refractivity contribution in [3.8, 4) is 5.75 Å². The van der Waals surface area contributed by atoms with Gasteiger partial charge in [-0.05, 0) is 64.0 Å². The molecule has 3 rings (SSSR count). The summed E-state index contributed by atoms with van der Waals surface area (Å²) in [7, 11) is 0. The number of hydrogen-bond acceptors (Lipinski definition) is 4. The number of barbiturate groups is 1. The molecule has 8 heteroatoms. The molecule has 1 fully saturated rings. The number of benzene rings is 2. The van der Waals surface area contributed by atoms with Crippen LogP contribution in [0.3, 0.4) is 0 Å². The molecule has 0 bridgehead atoms. The Kier molecular flexibility index (Phi) is 5.70. The molecule has 0 spiro atoms. The SMILES string of the molecule is C=CCOc1ccc(/C=C2/C(=O)NC(=O)N(c3ccc(F)cc3)C2=O)cc1Br. The summed E-state index contributed by atoms with van der Waals surface area (Å²) in [5.41, 5.74) is 0.469. The highest BCUT2D eigenvalue weighted by molar-refractivity contribution is 9.10. The van der Waals surface area contributed by atoms with Crippen LogP contribution >= 0.6 is 15.9 Å². The Hall–Kier alpha value is -3.26. The van der Waals surface area contributed by atoms with E-state index in [1.807, 2.05) is 0 Å². The maximum atomic E-state index is 13.1. The van der Waals surface area contributed by atoms with Gasteiger partial charge >= 0.3 is 6.03 Å². The van der Waals surface area contributed by atoms with Gasteiger partial charge in [-0.3, -0.25) is 14.9 Å². The van der Waals surface area contributed by atoms with Crippen molar-refractivity contribution in [1.82, 2.24) is 5.32 Å². The molecule has 0 saturated carbocycles. The number of anilines is 1. The molecular formula is C20H14BrFN2O4. The quantitative estimate of drug-likeness (QED) is 0.432. The van der Waals surface area contributed by atoms with Crippen molar-refractivity contribution in [2.75, 3.05) is 11.5 Å². The molecule has 0 unspecified atom stereocenters. The van der Waals surface area contributed by atoms with Crippen molar-refractivity contribution in [3.63, 3.8) is 0 Å². The number of halogens is 2. The van der Waals surface area contributed by atoms with Gasteiger partial charge in [0.05, 0.1) is 10.2 Å². The molecule has 4 amide bonds. The van der Waals surface area contributed by atoms with E-state index >= 15 is 0 Å². The van der Waals surface area contributed by atoms with Gasteiger partial charge in [0.25, 0.3) is 11.8 Å². The topological polar surface area (TPSA) is 75.7 Å². The predicted molar refractivity (Wildman–Crippen MR) is 105 cm³/mol. The first-order chi connectivity index (χ1) is 13.4. The fourth-order valence-electron chi connectivity index (χ4n) is 2.52. The second-order valence-electron chi connectivity index (χ2n) is 5.72. The highest BCUT2D eigenvalue weighted by Crippen LogP contribution is 2.28. The van der Waals surface area contributed by atoms with Crippen LogP contribution < -0.4 is 15.0 Å². The zero-order chi connectivity index (χ0) is 20.3. The molecule has 2 aromatic carbocycles. The molecule has 1 aliphatic heterocycles. The van der Waals surface area contributed by atoms with E-state index in [2.05, 4.69) is 27.8 Å². The molecule has 2 aromatic rings. The third-order valence-corrected chi connectivity index (χ3v) is 4.43. The lowest BCUT2D eigenvalue weighted by atomic mass is 10.1. The summed E-state index contributed by atoms with van der Waals surface area (Å²) in [5, 5.41) is 2.11. The number of carbonyl (C=O) groups is 3. The summed E-state index contributed by atoms with van der Waals surface area (Å²) < 4.78 is 19.2. The predicted octanol–water partition coefficient (Wildman–Crippen LogP) is 3.82. The van der Waals surface area contributed by atoms with Crippen LogP contribution in [0.5, 0.6) is 5.75 Å². The van der Waals surface area contributed by atoms with E-state index in [1.165, 1.54) is 18.2 Å². The minimum atomic E-state index is -0.895. The number of imide groups is 2. The third kappa shape index (κ3) is 4.01. The molecule has 0 radical (unpaired) electrons. The summed E-state index contributed by atoms with van der Waals surface area (Å²) >= 11 is 3.36. The first-order valence-electron chi connectivity index (χ1n) is 8.11. The van der Waals surface area contributed by atoms with E-state index in [4.69, 9.17) is 4.74 Å². The Morgan fingerprint density at radius 3 is 2.50 bits per heavy atom. The minimum absolute atomic E-state index is 0.150. The maximum absolute atomic E-state index is 13.1. The Morgan fingerprint density at radius 2 is 1.86 bits per heavy atom. The average molecular weight is 445 g/mol. The van der Waals surface area contributed by atoms with Gasteiger partial charge in [-0.25, -0.2) is 14.1 Å². The number of nitrogens with one attached hydrogen (secondary N) is 1. The van der Waals surface area contributed by atoms with Gasteiger partial charge in [0, 0.05) is 0 Å². The molecule has 0 atom stereocenters. The van der Waals surface area contributed by atoms with Gasteiger partial charge in [0.2, 0.25) is 0 Å². The van der Waals surface area contributed by atoms with Crippen LogP contribution in [-0.2, 0) is 9.59 Å². The summed E-state index contributed by atoms with van der Waals surface area (Å²) in [6, 6.07) is 8.91. The first-order valence-corrected chi connectivity index (χ1v) is 8.90. The molecule has 0 aromatic heterocycles. The Labute approximate surface area is 168 Å². The maximum Gasteiger partial charge on any atom is 0.335 e. The van der Waals surface area contributed by atoms with E-state index in [1.54, 1.807) is 24.3 Å². The Morgan fingerprint density at radius 1 is 1.14 bits per heavy atom. The van der Waals surface area contributed by atoms with E-state index in [0.717, 1.165) is 17.0 Å². The van der Waals surface area contributed by atoms with Crippen molar-refractivity contribution >= 4 is 45.5 Å². The standard InChI is InChI=1S/C20H14BrFN2O4/c1-2-9-28-17-8-3-12(11-16(17)21)10-15-18(25)23-20(27)24(19(15)26)14-6-4-13(22)5-7-14/h2-8,10-11H,1,9H2,(H,23,25,27)/b15-10-. The van der Waals surface area contributed by atoms with Crippen LogP contribution in [0, 0.1) is 5.82 Å². The molecule has 1 heterocycles. The van der Waals surface area contributed by atoms with Gasteiger partial charge in [-0.1, -0.05) is 18.7 Å². The normalized spacial score (nSPS) is 15.6. The highest BCUT2D eigenvalue weighted by Gasteiger charge is 2.36. The largest absolute Gasteiger partial charge is 0.488 e. The second-order valence-corrected chi connectivity index (χ2v) is 6.58. The highest BCUT2D eigenvalue weighted by atomic mass is 79.9. The minimum Gasteiger partial charge on any atom is -0.488 e. The molecule has 1 N–H and O–H groups in total. The fraction of sp³-hybridized carbons (Fsp3) is 0.0500. The van der Waals surface area contributed by atoms with Gasteiger partial charge in [0.1, 0.15) is 23.7 Å². The number of ether oxygens (including phenoxy) is 1. The summed E-state index contributed by atoms with van der Waals surface area (Å²) in [6.45, 7) is 3.90. The van der Waals surface area contributed by atoms with E-state index in [-0.39, 0.29) is 11.3 Å². The summed E-state index contributed by atoms with van der Waals surface area (Å²) in [5.74, 6) is -1.55. The molecule has 1 aliphatic rings. The zero-order valence-electron chi connectivity index (χ0n) is 14.4. The van der Waals surface area contributed by atoms with Gasteiger partial charge in [-0.15, -0.1) is 0 Å². The monoisotopic (exact) mass is 444 g/mol. The summed E-state index contributed by atoms with van der Waals surface area (Å²) in [4.78, 5) is 37.9. The number of urea groups is 1. The molecule has 142 valence electrons. The zero-order valence-corrected chi connectivity index (χ0v) is 16.0.